The van der Waals surface area contributed by atoms with E-state index in [0.29, 0.717) is 47.5 Å². The van der Waals surface area contributed by atoms with Gasteiger partial charge in [0.2, 0.25) is 6.79 Å². The molecule has 0 fully saturated rings. The molecule has 132 valence electrons. The molecule has 1 heterocycles. The summed E-state index contributed by atoms with van der Waals surface area (Å²) in [5.74, 6) is 2.90. The molecule has 0 saturated carbocycles. The van der Waals surface area contributed by atoms with E-state index in [9.17, 15) is 4.79 Å². The van der Waals surface area contributed by atoms with Crippen molar-refractivity contribution in [2.24, 2.45) is 0 Å². The number of fused-ring (bicyclic) bond motifs is 1. The highest BCUT2D eigenvalue weighted by atomic mass is 16.7. The zero-order chi connectivity index (χ0) is 17.6. The molecule has 0 saturated heterocycles. The first-order valence-electron chi connectivity index (χ1n) is 7.73. The van der Waals surface area contributed by atoms with Crippen molar-refractivity contribution in [3.8, 4) is 28.7 Å². The van der Waals surface area contributed by atoms with Crippen molar-refractivity contribution in [2.45, 2.75) is 0 Å². The van der Waals surface area contributed by atoms with Crippen molar-refractivity contribution < 1.29 is 28.5 Å². The summed E-state index contributed by atoms with van der Waals surface area (Å²) in [6.45, 7) is 0.845. The summed E-state index contributed by atoms with van der Waals surface area (Å²) in [7, 11) is 3.15. The van der Waals surface area contributed by atoms with Crippen molar-refractivity contribution in [1.82, 2.24) is 5.32 Å². The van der Waals surface area contributed by atoms with Gasteiger partial charge in [0.25, 0.3) is 5.91 Å². The highest BCUT2D eigenvalue weighted by molar-refractivity contribution is 5.94. The fourth-order valence-electron chi connectivity index (χ4n) is 2.34. The van der Waals surface area contributed by atoms with E-state index < -0.39 is 0 Å². The van der Waals surface area contributed by atoms with E-state index in [1.54, 1.807) is 50.6 Å². The van der Waals surface area contributed by atoms with Gasteiger partial charge >= 0.3 is 0 Å². The number of carbonyl (C=O) groups excluding carboxylic acids is 1. The Morgan fingerprint density at radius 2 is 1.68 bits per heavy atom. The molecule has 3 rings (SSSR count). The minimum absolute atomic E-state index is 0.179. The van der Waals surface area contributed by atoms with E-state index in [4.69, 9.17) is 23.7 Å². The molecule has 0 atom stereocenters. The van der Waals surface area contributed by atoms with Crippen molar-refractivity contribution in [2.75, 3.05) is 34.2 Å². The summed E-state index contributed by atoms with van der Waals surface area (Å²) in [6.07, 6.45) is 0. The average molecular weight is 345 g/mol. The second-order valence-corrected chi connectivity index (χ2v) is 5.22. The standard InChI is InChI=1S/C18H19NO6/c1-21-13-8-14(22-2)10-15(9-13)23-6-5-19-18(20)12-3-4-16-17(7-12)25-11-24-16/h3-4,7-10H,5-6,11H2,1-2H3,(H,19,20). The van der Waals surface area contributed by atoms with Gasteiger partial charge < -0.3 is 29.0 Å². The Labute approximate surface area is 145 Å². The number of amides is 1. The van der Waals surface area contributed by atoms with Crippen LogP contribution in [0.2, 0.25) is 0 Å². The average Bonchev–Trinajstić information content (AvgIpc) is 3.12. The van der Waals surface area contributed by atoms with Gasteiger partial charge in [0, 0.05) is 23.8 Å². The normalized spacial score (nSPS) is 11.8. The molecule has 0 radical (unpaired) electrons. The first-order valence-corrected chi connectivity index (χ1v) is 7.73. The van der Waals surface area contributed by atoms with Gasteiger partial charge in [-0.3, -0.25) is 4.79 Å². The van der Waals surface area contributed by atoms with Crippen LogP contribution in [0.1, 0.15) is 10.4 Å². The molecule has 25 heavy (non-hydrogen) atoms. The molecule has 1 N–H and O–H groups in total. The Balaban J connectivity index is 1.50. The molecule has 0 aliphatic carbocycles. The van der Waals surface area contributed by atoms with Gasteiger partial charge in [0.1, 0.15) is 23.9 Å². The number of ether oxygens (including phenoxy) is 5. The molecule has 7 heteroatoms. The Kier molecular flexibility index (Phi) is 5.13. The van der Waals surface area contributed by atoms with Crippen molar-refractivity contribution in [3.63, 3.8) is 0 Å². The minimum atomic E-state index is -0.204. The first-order chi connectivity index (χ1) is 12.2. The minimum Gasteiger partial charge on any atom is -0.496 e. The van der Waals surface area contributed by atoms with Gasteiger partial charge in [-0.05, 0) is 18.2 Å². The molecule has 0 spiro atoms. The summed E-state index contributed by atoms with van der Waals surface area (Å²) >= 11 is 0. The monoisotopic (exact) mass is 345 g/mol. The number of hydrogen-bond donors (Lipinski definition) is 1. The van der Waals surface area contributed by atoms with E-state index in [2.05, 4.69) is 5.32 Å². The van der Waals surface area contributed by atoms with Gasteiger partial charge in [0.15, 0.2) is 11.5 Å². The second-order valence-electron chi connectivity index (χ2n) is 5.22. The third-order valence-electron chi connectivity index (χ3n) is 3.62. The lowest BCUT2D eigenvalue weighted by Gasteiger charge is -2.11. The number of hydrogen-bond acceptors (Lipinski definition) is 6. The fourth-order valence-corrected chi connectivity index (χ4v) is 2.34. The Hall–Kier alpha value is -3.09. The zero-order valence-corrected chi connectivity index (χ0v) is 14.0. The van der Waals surface area contributed by atoms with Crippen LogP contribution in [0.4, 0.5) is 0 Å². The van der Waals surface area contributed by atoms with E-state index >= 15 is 0 Å². The lowest BCUT2D eigenvalue weighted by atomic mass is 10.2. The maximum Gasteiger partial charge on any atom is 0.251 e. The number of methoxy groups -OCH3 is 2. The molecule has 7 nitrogen and oxygen atoms in total. The molecule has 0 bridgehead atoms. The summed E-state index contributed by atoms with van der Waals surface area (Å²) in [6, 6.07) is 10.3. The quantitative estimate of drug-likeness (QED) is 0.776. The van der Waals surface area contributed by atoms with Crippen molar-refractivity contribution in [1.29, 1.82) is 0 Å². The highest BCUT2D eigenvalue weighted by Crippen LogP contribution is 2.32. The second kappa shape index (κ2) is 7.65. The van der Waals surface area contributed by atoms with Crippen LogP contribution in [0, 0.1) is 0 Å². The lowest BCUT2D eigenvalue weighted by molar-refractivity contribution is 0.0946. The molecular formula is C18H19NO6. The Morgan fingerprint density at radius 3 is 2.40 bits per heavy atom. The Bertz CT molecular complexity index is 739. The third-order valence-corrected chi connectivity index (χ3v) is 3.62. The highest BCUT2D eigenvalue weighted by Gasteiger charge is 2.16. The molecule has 1 aliphatic heterocycles. The molecule has 1 aliphatic rings. The van der Waals surface area contributed by atoms with E-state index in [1.807, 2.05) is 0 Å². The predicted molar refractivity (Wildman–Crippen MR) is 89.9 cm³/mol. The zero-order valence-electron chi connectivity index (χ0n) is 14.0. The van der Waals surface area contributed by atoms with Gasteiger partial charge in [0.05, 0.1) is 20.8 Å². The van der Waals surface area contributed by atoms with Crippen LogP contribution in [0.5, 0.6) is 28.7 Å². The number of nitrogens with one attached hydrogen (secondary N) is 1. The maximum atomic E-state index is 12.2. The summed E-state index contributed by atoms with van der Waals surface area (Å²) in [4.78, 5) is 12.2. The van der Waals surface area contributed by atoms with E-state index in [1.165, 1.54) is 0 Å². The van der Waals surface area contributed by atoms with Crippen LogP contribution in [-0.4, -0.2) is 40.1 Å². The summed E-state index contributed by atoms with van der Waals surface area (Å²) in [5.41, 5.74) is 0.507. The number of rotatable bonds is 7. The van der Waals surface area contributed by atoms with Crippen LogP contribution in [0.15, 0.2) is 36.4 Å². The molecule has 0 unspecified atom stereocenters. The maximum absolute atomic E-state index is 12.2. The molecule has 2 aromatic rings. The first kappa shape index (κ1) is 16.8. The third kappa shape index (κ3) is 4.06. The number of carbonyl (C=O) groups is 1. The van der Waals surface area contributed by atoms with Crippen LogP contribution < -0.4 is 29.0 Å². The lowest BCUT2D eigenvalue weighted by Crippen LogP contribution is -2.28. The van der Waals surface area contributed by atoms with Crippen molar-refractivity contribution in [3.05, 3.63) is 42.0 Å². The topological polar surface area (TPSA) is 75.2 Å². The summed E-state index contributed by atoms with van der Waals surface area (Å²) < 4.78 is 26.5. The fraction of sp³-hybridized carbons (Fsp3) is 0.278. The van der Waals surface area contributed by atoms with Crippen LogP contribution in [0.3, 0.4) is 0 Å². The van der Waals surface area contributed by atoms with Gasteiger partial charge in [-0.25, -0.2) is 0 Å². The van der Waals surface area contributed by atoms with E-state index in [-0.39, 0.29) is 12.7 Å². The predicted octanol–water partition coefficient (Wildman–Crippen LogP) is 2.24. The molecular weight excluding hydrogens is 326 g/mol. The van der Waals surface area contributed by atoms with Crippen molar-refractivity contribution >= 4 is 5.91 Å². The molecule has 1 amide bonds. The summed E-state index contributed by atoms with van der Waals surface area (Å²) in [5, 5.41) is 2.79. The molecule has 0 aromatic heterocycles. The van der Waals surface area contributed by atoms with Crippen LogP contribution >= 0.6 is 0 Å². The smallest absolute Gasteiger partial charge is 0.251 e. The van der Waals surface area contributed by atoms with Gasteiger partial charge in [-0.15, -0.1) is 0 Å². The van der Waals surface area contributed by atoms with Crippen LogP contribution in [-0.2, 0) is 0 Å². The van der Waals surface area contributed by atoms with Crippen LogP contribution in [0.25, 0.3) is 0 Å². The van der Waals surface area contributed by atoms with Gasteiger partial charge in [-0.2, -0.15) is 0 Å². The molecule has 2 aromatic carbocycles. The SMILES string of the molecule is COc1cc(OC)cc(OCCNC(=O)c2ccc3c(c2)OCO3)c1. The van der Waals surface area contributed by atoms with Gasteiger partial charge in [-0.1, -0.05) is 0 Å². The largest absolute Gasteiger partial charge is 0.496 e. The van der Waals surface area contributed by atoms with E-state index in [0.717, 1.165) is 0 Å². The Morgan fingerprint density at radius 1 is 1.00 bits per heavy atom. The number of benzene rings is 2.